The maximum atomic E-state index is 6.44. The van der Waals surface area contributed by atoms with E-state index in [1.54, 1.807) is 14.2 Å². The number of ether oxygens (including phenoxy) is 2. The van der Waals surface area contributed by atoms with Gasteiger partial charge in [-0.25, -0.2) is 0 Å². The van der Waals surface area contributed by atoms with Crippen LogP contribution < -0.4 is 15.2 Å². The Hall–Kier alpha value is -1.22. The molecule has 0 amide bonds. The van der Waals surface area contributed by atoms with Crippen LogP contribution in [-0.2, 0) is 0 Å². The Morgan fingerprint density at radius 3 is 2.15 bits per heavy atom. The van der Waals surface area contributed by atoms with Gasteiger partial charge in [-0.2, -0.15) is 0 Å². The van der Waals surface area contributed by atoms with Crippen molar-refractivity contribution in [3.8, 4) is 11.5 Å². The lowest BCUT2D eigenvalue weighted by atomic mass is 9.89. The SMILES string of the molecule is CCCCC(CC)CC(N)c1c(OC)cccc1OC. The molecule has 1 rings (SSSR count). The van der Waals surface area contributed by atoms with Crippen LogP contribution in [0.2, 0.25) is 0 Å². The fraction of sp³-hybridized carbons (Fsp3) is 0.647. The highest BCUT2D eigenvalue weighted by Gasteiger charge is 2.20. The van der Waals surface area contributed by atoms with Crippen molar-refractivity contribution in [2.24, 2.45) is 11.7 Å². The zero-order valence-corrected chi connectivity index (χ0v) is 13.3. The zero-order chi connectivity index (χ0) is 15.0. The van der Waals surface area contributed by atoms with Gasteiger partial charge in [0.2, 0.25) is 0 Å². The van der Waals surface area contributed by atoms with Gasteiger partial charge < -0.3 is 15.2 Å². The number of hydrogen-bond acceptors (Lipinski definition) is 3. The first-order valence-corrected chi connectivity index (χ1v) is 7.64. The maximum absolute atomic E-state index is 6.44. The molecule has 2 unspecified atom stereocenters. The number of nitrogens with two attached hydrogens (primary N) is 1. The predicted molar refractivity (Wildman–Crippen MR) is 84.4 cm³/mol. The molecule has 114 valence electrons. The predicted octanol–water partition coefficient (Wildman–Crippen LogP) is 4.31. The zero-order valence-electron chi connectivity index (χ0n) is 13.3. The average molecular weight is 279 g/mol. The molecule has 20 heavy (non-hydrogen) atoms. The molecule has 0 bridgehead atoms. The van der Waals surface area contributed by atoms with E-state index < -0.39 is 0 Å². The van der Waals surface area contributed by atoms with Gasteiger partial charge in [-0.1, -0.05) is 45.6 Å². The molecule has 0 saturated carbocycles. The van der Waals surface area contributed by atoms with E-state index in [1.807, 2.05) is 18.2 Å². The van der Waals surface area contributed by atoms with Crippen molar-refractivity contribution in [3.05, 3.63) is 23.8 Å². The summed E-state index contributed by atoms with van der Waals surface area (Å²) in [6.07, 6.45) is 5.91. The molecule has 1 aromatic carbocycles. The number of benzene rings is 1. The van der Waals surface area contributed by atoms with Crippen LogP contribution in [0.1, 0.15) is 57.6 Å². The first-order valence-electron chi connectivity index (χ1n) is 7.64. The fourth-order valence-corrected chi connectivity index (χ4v) is 2.70. The van der Waals surface area contributed by atoms with Gasteiger partial charge in [0.25, 0.3) is 0 Å². The number of hydrogen-bond donors (Lipinski definition) is 1. The van der Waals surface area contributed by atoms with Gasteiger partial charge in [0.15, 0.2) is 0 Å². The normalized spacial score (nSPS) is 13.8. The Balaban J connectivity index is 2.87. The summed E-state index contributed by atoms with van der Waals surface area (Å²) in [7, 11) is 3.36. The van der Waals surface area contributed by atoms with Crippen LogP contribution in [0.15, 0.2) is 18.2 Å². The van der Waals surface area contributed by atoms with Crippen LogP contribution in [0, 0.1) is 5.92 Å². The van der Waals surface area contributed by atoms with Crippen molar-refractivity contribution in [3.63, 3.8) is 0 Å². The van der Waals surface area contributed by atoms with Gasteiger partial charge in [-0.05, 0) is 24.5 Å². The second-order valence-electron chi connectivity index (χ2n) is 5.33. The molecule has 2 atom stereocenters. The van der Waals surface area contributed by atoms with E-state index in [2.05, 4.69) is 13.8 Å². The van der Waals surface area contributed by atoms with E-state index in [0.717, 1.165) is 23.5 Å². The molecule has 0 aliphatic carbocycles. The van der Waals surface area contributed by atoms with Gasteiger partial charge in [0.1, 0.15) is 11.5 Å². The highest BCUT2D eigenvalue weighted by Crippen LogP contribution is 2.36. The molecule has 0 spiro atoms. The molecule has 0 radical (unpaired) electrons. The minimum Gasteiger partial charge on any atom is -0.496 e. The molecule has 0 fully saturated rings. The number of methoxy groups -OCH3 is 2. The van der Waals surface area contributed by atoms with Gasteiger partial charge in [0, 0.05) is 6.04 Å². The van der Waals surface area contributed by atoms with E-state index in [1.165, 1.54) is 25.7 Å². The highest BCUT2D eigenvalue weighted by atomic mass is 16.5. The number of rotatable bonds is 9. The quantitative estimate of drug-likeness (QED) is 0.732. The van der Waals surface area contributed by atoms with E-state index in [0.29, 0.717) is 5.92 Å². The van der Waals surface area contributed by atoms with Crippen molar-refractivity contribution in [2.75, 3.05) is 14.2 Å². The molecule has 2 N–H and O–H groups in total. The molecule has 0 aromatic heterocycles. The van der Waals surface area contributed by atoms with E-state index in [9.17, 15) is 0 Å². The minimum atomic E-state index is -0.0390. The van der Waals surface area contributed by atoms with Crippen molar-refractivity contribution < 1.29 is 9.47 Å². The Kier molecular flexibility index (Phi) is 7.45. The first kappa shape index (κ1) is 16.8. The summed E-state index contributed by atoms with van der Waals surface area (Å²) in [6, 6.07) is 5.79. The Morgan fingerprint density at radius 2 is 1.70 bits per heavy atom. The summed E-state index contributed by atoms with van der Waals surface area (Å²) >= 11 is 0. The van der Waals surface area contributed by atoms with Gasteiger partial charge in [-0.3, -0.25) is 0 Å². The smallest absolute Gasteiger partial charge is 0.127 e. The molecule has 0 aliphatic heterocycles. The summed E-state index contributed by atoms with van der Waals surface area (Å²) in [5.74, 6) is 2.31. The largest absolute Gasteiger partial charge is 0.496 e. The van der Waals surface area contributed by atoms with Crippen LogP contribution in [0.5, 0.6) is 11.5 Å². The van der Waals surface area contributed by atoms with E-state index in [-0.39, 0.29) is 6.04 Å². The van der Waals surface area contributed by atoms with Crippen molar-refractivity contribution in [1.82, 2.24) is 0 Å². The van der Waals surface area contributed by atoms with Crippen LogP contribution in [0.3, 0.4) is 0 Å². The lowest BCUT2D eigenvalue weighted by Crippen LogP contribution is -2.17. The lowest BCUT2D eigenvalue weighted by Gasteiger charge is -2.23. The summed E-state index contributed by atoms with van der Waals surface area (Å²) < 4.78 is 10.9. The topological polar surface area (TPSA) is 44.5 Å². The van der Waals surface area contributed by atoms with E-state index >= 15 is 0 Å². The molecule has 0 saturated heterocycles. The Labute approximate surface area is 123 Å². The summed E-state index contributed by atoms with van der Waals surface area (Å²) in [6.45, 7) is 4.47. The van der Waals surface area contributed by atoms with Crippen molar-refractivity contribution in [1.29, 1.82) is 0 Å². The fourth-order valence-electron chi connectivity index (χ4n) is 2.70. The van der Waals surface area contributed by atoms with Crippen molar-refractivity contribution in [2.45, 2.75) is 52.0 Å². The molecule has 3 nitrogen and oxygen atoms in total. The molecule has 0 aliphatic rings. The third-order valence-electron chi connectivity index (χ3n) is 3.97. The summed E-state index contributed by atoms with van der Waals surface area (Å²) in [5, 5.41) is 0. The average Bonchev–Trinajstić information content (AvgIpc) is 2.50. The van der Waals surface area contributed by atoms with Crippen LogP contribution in [0.4, 0.5) is 0 Å². The van der Waals surface area contributed by atoms with Gasteiger partial charge >= 0.3 is 0 Å². The summed E-state index contributed by atoms with van der Waals surface area (Å²) in [5.41, 5.74) is 7.43. The molecule has 3 heteroatoms. The molecule has 1 aromatic rings. The van der Waals surface area contributed by atoms with Crippen molar-refractivity contribution >= 4 is 0 Å². The third-order valence-corrected chi connectivity index (χ3v) is 3.97. The van der Waals surface area contributed by atoms with Gasteiger partial charge in [-0.15, -0.1) is 0 Å². The lowest BCUT2D eigenvalue weighted by molar-refractivity contribution is 0.352. The van der Waals surface area contributed by atoms with Crippen LogP contribution >= 0.6 is 0 Å². The molecular weight excluding hydrogens is 250 g/mol. The number of unbranched alkanes of at least 4 members (excludes halogenated alkanes) is 1. The monoisotopic (exact) mass is 279 g/mol. The Bertz CT molecular complexity index is 370. The standard InChI is InChI=1S/C17H29NO2/c1-5-7-9-13(6-2)12-14(18)17-15(19-3)10-8-11-16(17)20-4/h8,10-11,13-14H,5-7,9,12,18H2,1-4H3. The van der Waals surface area contributed by atoms with E-state index in [4.69, 9.17) is 15.2 Å². The third kappa shape index (κ3) is 4.41. The minimum absolute atomic E-state index is 0.0390. The highest BCUT2D eigenvalue weighted by molar-refractivity contribution is 5.46. The van der Waals surface area contributed by atoms with Gasteiger partial charge in [0.05, 0.1) is 19.8 Å². The second kappa shape index (κ2) is 8.85. The van der Waals surface area contributed by atoms with Crippen LogP contribution in [0.25, 0.3) is 0 Å². The Morgan fingerprint density at radius 1 is 1.10 bits per heavy atom. The van der Waals surface area contributed by atoms with Crippen LogP contribution in [-0.4, -0.2) is 14.2 Å². The first-order chi connectivity index (χ1) is 9.67. The maximum Gasteiger partial charge on any atom is 0.127 e. The molecule has 0 heterocycles. The second-order valence-corrected chi connectivity index (χ2v) is 5.33. The summed E-state index contributed by atoms with van der Waals surface area (Å²) in [4.78, 5) is 0. The molecular formula is C17H29NO2.